The Morgan fingerprint density at radius 2 is 1.72 bits per heavy atom. The fraction of sp³-hybridized carbons (Fsp3) is 0.231. The maximum Gasteiger partial charge on any atom is 0.355 e. The maximum absolute atomic E-state index is 13.1. The number of methoxy groups -OCH3 is 2. The molecule has 186 valence electrons. The summed E-state index contributed by atoms with van der Waals surface area (Å²) < 4.78 is 10.0. The van der Waals surface area contributed by atoms with E-state index in [9.17, 15) is 19.6 Å². The van der Waals surface area contributed by atoms with Gasteiger partial charge >= 0.3 is 11.9 Å². The number of carbonyl (C=O) groups is 3. The molecule has 1 aliphatic rings. The smallest absolute Gasteiger partial charge is 0.355 e. The minimum absolute atomic E-state index is 0.0204. The summed E-state index contributed by atoms with van der Waals surface area (Å²) >= 11 is 6.42. The van der Waals surface area contributed by atoms with Gasteiger partial charge in [-0.2, -0.15) is 5.26 Å². The van der Waals surface area contributed by atoms with E-state index in [1.54, 1.807) is 30.3 Å². The number of hydrogen-bond donors (Lipinski definition) is 2. The molecule has 1 amide bonds. The van der Waals surface area contributed by atoms with Crippen molar-refractivity contribution in [3.05, 3.63) is 87.3 Å². The van der Waals surface area contributed by atoms with Crippen LogP contribution in [0.15, 0.2) is 71.2 Å². The number of ether oxygens (including phenoxy) is 2. The van der Waals surface area contributed by atoms with Crippen LogP contribution in [0.4, 0.5) is 5.69 Å². The molecule has 0 bridgehead atoms. The van der Waals surface area contributed by atoms with E-state index in [0.717, 1.165) is 7.11 Å². The Labute approximate surface area is 213 Å². The molecule has 1 heterocycles. The highest BCUT2D eigenvalue weighted by molar-refractivity contribution is 6.34. The van der Waals surface area contributed by atoms with Crippen molar-refractivity contribution in [3.63, 3.8) is 0 Å². The van der Waals surface area contributed by atoms with E-state index in [1.165, 1.54) is 30.2 Å². The van der Waals surface area contributed by atoms with Crippen LogP contribution in [-0.4, -0.2) is 38.1 Å². The van der Waals surface area contributed by atoms with Crippen LogP contribution in [0, 0.1) is 11.3 Å². The van der Waals surface area contributed by atoms with Crippen molar-refractivity contribution < 1.29 is 23.9 Å². The molecular weight excluding hydrogens is 484 g/mol. The molecule has 0 radical (unpaired) electrons. The van der Waals surface area contributed by atoms with Crippen LogP contribution in [-0.2, 0) is 19.1 Å². The van der Waals surface area contributed by atoms with Crippen molar-refractivity contribution in [3.8, 4) is 6.07 Å². The van der Waals surface area contributed by atoms with E-state index in [1.807, 2.05) is 13.8 Å². The summed E-state index contributed by atoms with van der Waals surface area (Å²) in [6.07, 6.45) is 0. The zero-order valence-electron chi connectivity index (χ0n) is 20.2. The van der Waals surface area contributed by atoms with E-state index in [2.05, 4.69) is 11.4 Å². The van der Waals surface area contributed by atoms with Crippen molar-refractivity contribution >= 4 is 35.1 Å². The van der Waals surface area contributed by atoms with Crippen LogP contribution in [0.1, 0.15) is 35.7 Å². The predicted molar refractivity (Wildman–Crippen MR) is 134 cm³/mol. The monoisotopic (exact) mass is 508 g/mol. The topological polar surface area (TPSA) is 135 Å². The minimum Gasteiger partial charge on any atom is -0.466 e. The Morgan fingerprint density at radius 1 is 1.08 bits per heavy atom. The van der Waals surface area contributed by atoms with Gasteiger partial charge < -0.3 is 20.5 Å². The molecule has 2 aromatic carbocycles. The predicted octanol–water partition coefficient (Wildman–Crippen LogP) is 3.38. The van der Waals surface area contributed by atoms with Crippen molar-refractivity contribution in [1.29, 1.82) is 5.26 Å². The molecule has 1 atom stereocenters. The molecule has 2 aromatic rings. The molecule has 3 N–H and O–H groups in total. The maximum atomic E-state index is 13.1. The molecule has 0 aromatic heterocycles. The molecule has 0 spiro atoms. The Bertz CT molecular complexity index is 1310. The van der Waals surface area contributed by atoms with Gasteiger partial charge in [0.05, 0.1) is 47.9 Å². The molecule has 0 fully saturated rings. The van der Waals surface area contributed by atoms with Gasteiger partial charge in [0.1, 0.15) is 11.5 Å². The summed E-state index contributed by atoms with van der Waals surface area (Å²) in [5.41, 5.74) is 7.11. The van der Waals surface area contributed by atoms with Gasteiger partial charge in [0.2, 0.25) is 0 Å². The zero-order chi connectivity index (χ0) is 26.6. The van der Waals surface area contributed by atoms with Gasteiger partial charge in [0.15, 0.2) is 0 Å². The number of nitrogens with two attached hydrogens (primary N) is 1. The summed E-state index contributed by atoms with van der Waals surface area (Å²) in [4.78, 5) is 39.9. The summed E-state index contributed by atoms with van der Waals surface area (Å²) in [5.74, 6) is -3.19. The van der Waals surface area contributed by atoms with Gasteiger partial charge in [-0.25, -0.2) is 9.59 Å². The Hall–Kier alpha value is -4.29. The summed E-state index contributed by atoms with van der Waals surface area (Å²) in [5, 5.41) is 12.9. The first-order valence-electron chi connectivity index (χ1n) is 10.9. The number of carbonyl (C=O) groups excluding carboxylic acids is 3. The van der Waals surface area contributed by atoms with Gasteiger partial charge in [-0.05, 0) is 37.6 Å². The number of amides is 1. The second-order valence-electron chi connectivity index (χ2n) is 8.13. The molecular formula is C26H25ClN4O5. The largest absolute Gasteiger partial charge is 0.466 e. The van der Waals surface area contributed by atoms with Crippen LogP contribution in [0.5, 0.6) is 0 Å². The van der Waals surface area contributed by atoms with E-state index >= 15 is 0 Å². The molecule has 0 aliphatic carbocycles. The van der Waals surface area contributed by atoms with Gasteiger partial charge in [0.25, 0.3) is 5.91 Å². The number of rotatable bonds is 6. The third kappa shape index (κ3) is 4.90. The Balaban J connectivity index is 2.31. The van der Waals surface area contributed by atoms with Crippen LogP contribution in [0.2, 0.25) is 5.02 Å². The van der Waals surface area contributed by atoms with Crippen LogP contribution in [0.25, 0.3) is 0 Å². The second kappa shape index (κ2) is 11.0. The first kappa shape index (κ1) is 26.3. The number of nitrogens with zero attached hydrogens (tertiary/aromatic N) is 2. The fourth-order valence-corrected chi connectivity index (χ4v) is 4.21. The highest BCUT2D eigenvalue weighted by atomic mass is 35.5. The van der Waals surface area contributed by atoms with Crippen LogP contribution < -0.4 is 16.0 Å². The first-order chi connectivity index (χ1) is 17.2. The molecule has 0 saturated carbocycles. The zero-order valence-corrected chi connectivity index (χ0v) is 20.9. The van der Waals surface area contributed by atoms with Crippen molar-refractivity contribution in [2.45, 2.75) is 25.8 Å². The van der Waals surface area contributed by atoms with Gasteiger partial charge in [-0.1, -0.05) is 41.9 Å². The molecule has 1 unspecified atom stereocenters. The van der Waals surface area contributed by atoms with Crippen molar-refractivity contribution in [2.24, 2.45) is 5.73 Å². The lowest BCUT2D eigenvalue weighted by molar-refractivity contribution is -0.139. The average molecular weight is 509 g/mol. The Kier molecular flexibility index (Phi) is 8.02. The lowest BCUT2D eigenvalue weighted by Gasteiger charge is -2.36. The molecule has 36 heavy (non-hydrogen) atoms. The second-order valence-corrected chi connectivity index (χ2v) is 8.53. The number of anilines is 1. The normalized spacial score (nSPS) is 15.5. The van der Waals surface area contributed by atoms with E-state index in [0.29, 0.717) is 5.56 Å². The third-order valence-corrected chi connectivity index (χ3v) is 5.80. The summed E-state index contributed by atoms with van der Waals surface area (Å²) in [7, 11) is 2.33. The minimum atomic E-state index is -0.986. The lowest BCUT2D eigenvalue weighted by atomic mass is 9.81. The SMILES string of the molecule is COC(=O)C1=C(C(=O)OC)N(c2ccc(C(=O)NC(C)C)c(Cl)c2)C(N)=C(C#N)C1c1ccccc1. The molecule has 0 saturated heterocycles. The van der Waals surface area contributed by atoms with E-state index in [4.69, 9.17) is 26.8 Å². The Morgan fingerprint density at radius 3 is 2.25 bits per heavy atom. The highest BCUT2D eigenvalue weighted by Gasteiger charge is 2.43. The fourth-order valence-electron chi connectivity index (χ4n) is 3.95. The number of hydrogen-bond acceptors (Lipinski definition) is 8. The number of nitrogens with one attached hydrogen (secondary N) is 1. The highest BCUT2D eigenvalue weighted by Crippen LogP contribution is 2.43. The molecule has 9 nitrogen and oxygen atoms in total. The molecule has 1 aliphatic heterocycles. The van der Waals surface area contributed by atoms with E-state index in [-0.39, 0.29) is 50.9 Å². The van der Waals surface area contributed by atoms with Crippen LogP contribution >= 0.6 is 11.6 Å². The van der Waals surface area contributed by atoms with E-state index < -0.39 is 17.9 Å². The van der Waals surface area contributed by atoms with Crippen molar-refractivity contribution in [2.75, 3.05) is 19.1 Å². The van der Waals surface area contributed by atoms with Gasteiger partial charge in [-0.3, -0.25) is 9.69 Å². The van der Waals surface area contributed by atoms with Crippen molar-refractivity contribution in [1.82, 2.24) is 5.32 Å². The number of nitriles is 1. The third-order valence-electron chi connectivity index (χ3n) is 5.49. The number of benzene rings is 2. The quantitative estimate of drug-likeness (QED) is 0.567. The van der Waals surface area contributed by atoms with Gasteiger partial charge in [-0.15, -0.1) is 0 Å². The van der Waals surface area contributed by atoms with Crippen LogP contribution in [0.3, 0.4) is 0 Å². The molecule has 10 heteroatoms. The standard InChI is InChI=1S/C26H25ClN4O5/c1-14(2)30-24(32)17-11-10-16(12-19(17)27)31-22(26(34)36-4)21(25(33)35-3)20(18(13-28)23(31)29)15-8-6-5-7-9-15/h5-12,14,20H,29H2,1-4H3,(H,30,32). The average Bonchev–Trinajstić information content (AvgIpc) is 2.86. The number of esters is 2. The number of allylic oxidation sites excluding steroid dienone is 1. The lowest BCUT2D eigenvalue weighted by Crippen LogP contribution is -2.40. The summed E-state index contributed by atoms with van der Waals surface area (Å²) in [6, 6.07) is 15.0. The number of halogens is 1. The van der Waals surface area contributed by atoms with Gasteiger partial charge in [0, 0.05) is 11.7 Å². The first-order valence-corrected chi connectivity index (χ1v) is 11.3. The summed E-state index contributed by atoms with van der Waals surface area (Å²) in [6.45, 7) is 3.63. The molecule has 3 rings (SSSR count).